The third kappa shape index (κ3) is 2.46. The Bertz CT molecular complexity index is 655. The molecular weight excluding hydrogens is 282 g/mol. The van der Waals surface area contributed by atoms with Crippen LogP contribution in [-0.4, -0.2) is 16.1 Å². The smallest absolute Gasteiger partial charge is 0.229 e. The van der Waals surface area contributed by atoms with E-state index in [-0.39, 0.29) is 11.8 Å². The molecule has 2 fully saturated rings. The van der Waals surface area contributed by atoms with Gasteiger partial charge in [-0.1, -0.05) is 48.1 Å². The molecule has 3 atom stereocenters. The minimum absolute atomic E-state index is 0.137. The molecule has 108 valence electrons. The maximum Gasteiger partial charge on any atom is 0.229 e. The number of nitrogens with zero attached hydrogens (tertiary/aromatic N) is 2. The lowest BCUT2D eigenvalue weighted by Crippen LogP contribution is -2.27. The summed E-state index contributed by atoms with van der Waals surface area (Å²) in [5, 5.41) is 12.7. The summed E-state index contributed by atoms with van der Waals surface area (Å²) in [5.41, 5.74) is 1.04. The van der Waals surface area contributed by atoms with E-state index < -0.39 is 0 Å². The summed E-state index contributed by atoms with van der Waals surface area (Å²) < 4.78 is 0. The van der Waals surface area contributed by atoms with Crippen LogP contribution in [0.3, 0.4) is 0 Å². The summed E-state index contributed by atoms with van der Waals surface area (Å²) in [4.78, 5) is 12.4. The van der Waals surface area contributed by atoms with E-state index in [0.717, 1.165) is 22.9 Å². The largest absolute Gasteiger partial charge is 0.300 e. The first kappa shape index (κ1) is 13.0. The van der Waals surface area contributed by atoms with Gasteiger partial charge in [0.05, 0.1) is 0 Å². The van der Waals surface area contributed by atoms with Crippen LogP contribution in [0.15, 0.2) is 30.3 Å². The van der Waals surface area contributed by atoms with Crippen LogP contribution in [0.1, 0.15) is 25.7 Å². The predicted molar refractivity (Wildman–Crippen MR) is 82.9 cm³/mol. The van der Waals surface area contributed by atoms with Gasteiger partial charge >= 0.3 is 0 Å². The van der Waals surface area contributed by atoms with Crippen LogP contribution in [0.25, 0.3) is 10.6 Å². The monoisotopic (exact) mass is 299 g/mol. The number of fused-ring (bicyclic) bond motifs is 2. The zero-order chi connectivity index (χ0) is 14.2. The summed E-state index contributed by atoms with van der Waals surface area (Å²) in [6.07, 6.45) is 4.82. The molecule has 2 aliphatic carbocycles. The summed E-state index contributed by atoms with van der Waals surface area (Å²) in [6.45, 7) is 0. The predicted octanol–water partition coefficient (Wildman–Crippen LogP) is 3.58. The van der Waals surface area contributed by atoms with Gasteiger partial charge in [0.15, 0.2) is 0 Å². The van der Waals surface area contributed by atoms with Gasteiger partial charge < -0.3 is 5.32 Å². The number of aromatic nitrogens is 2. The van der Waals surface area contributed by atoms with Gasteiger partial charge in [-0.2, -0.15) is 0 Å². The lowest BCUT2D eigenvalue weighted by molar-refractivity contribution is -0.121. The van der Waals surface area contributed by atoms with Crippen molar-refractivity contribution in [1.82, 2.24) is 10.2 Å². The minimum Gasteiger partial charge on any atom is -0.300 e. The molecule has 2 aliphatic rings. The van der Waals surface area contributed by atoms with Gasteiger partial charge in [0.25, 0.3) is 0 Å². The van der Waals surface area contributed by atoms with Crippen LogP contribution in [0.4, 0.5) is 5.13 Å². The Morgan fingerprint density at radius 3 is 2.71 bits per heavy atom. The third-order valence-corrected chi connectivity index (χ3v) is 5.64. The standard InChI is InChI=1S/C16H17N3OS/c20-14(13-9-10-6-7-12(13)8-10)17-16-19-18-15(21-16)11-4-2-1-3-5-11/h1-5,10,12-13H,6-9H2,(H,17,19,20). The second-order valence-corrected chi connectivity index (χ2v) is 7.03. The fraction of sp³-hybridized carbons (Fsp3) is 0.438. The molecule has 1 amide bonds. The molecule has 4 nitrogen and oxygen atoms in total. The Hall–Kier alpha value is -1.75. The molecule has 0 spiro atoms. The van der Waals surface area contributed by atoms with E-state index in [4.69, 9.17) is 0 Å². The number of rotatable bonds is 3. The van der Waals surface area contributed by atoms with Gasteiger partial charge in [-0.25, -0.2) is 0 Å². The van der Waals surface area contributed by atoms with Crippen molar-refractivity contribution in [3.05, 3.63) is 30.3 Å². The number of hydrogen-bond donors (Lipinski definition) is 1. The van der Waals surface area contributed by atoms with Crippen LogP contribution in [0.5, 0.6) is 0 Å². The molecule has 2 saturated carbocycles. The van der Waals surface area contributed by atoms with E-state index in [1.54, 1.807) is 0 Å². The molecule has 21 heavy (non-hydrogen) atoms. The van der Waals surface area contributed by atoms with Gasteiger partial charge in [0, 0.05) is 11.5 Å². The zero-order valence-electron chi connectivity index (χ0n) is 11.7. The van der Waals surface area contributed by atoms with Crippen LogP contribution in [0.2, 0.25) is 0 Å². The number of amides is 1. The Morgan fingerprint density at radius 2 is 2.00 bits per heavy atom. The van der Waals surface area contributed by atoms with Gasteiger partial charge in [0.2, 0.25) is 11.0 Å². The highest BCUT2D eigenvalue weighted by Gasteiger charge is 2.43. The fourth-order valence-electron chi connectivity index (χ4n) is 3.74. The molecule has 0 radical (unpaired) electrons. The first-order valence-electron chi connectivity index (χ1n) is 7.49. The molecule has 1 heterocycles. The summed E-state index contributed by atoms with van der Waals surface area (Å²) in [7, 11) is 0. The molecular formula is C16H17N3OS. The first-order valence-corrected chi connectivity index (χ1v) is 8.31. The number of benzene rings is 1. The maximum absolute atomic E-state index is 12.4. The molecule has 1 aromatic carbocycles. The second kappa shape index (κ2) is 5.22. The lowest BCUT2D eigenvalue weighted by atomic mass is 9.88. The summed E-state index contributed by atoms with van der Waals surface area (Å²) in [5.74, 6) is 1.70. The van der Waals surface area contributed by atoms with Crippen molar-refractivity contribution in [1.29, 1.82) is 0 Å². The highest BCUT2D eigenvalue weighted by atomic mass is 32.1. The van der Waals surface area contributed by atoms with E-state index in [1.165, 1.54) is 30.6 Å². The zero-order valence-corrected chi connectivity index (χ0v) is 12.5. The molecule has 4 rings (SSSR count). The summed E-state index contributed by atoms with van der Waals surface area (Å²) in [6, 6.07) is 9.93. The topological polar surface area (TPSA) is 54.9 Å². The molecule has 1 N–H and O–H groups in total. The highest BCUT2D eigenvalue weighted by Crippen LogP contribution is 2.48. The van der Waals surface area contributed by atoms with Crippen molar-refractivity contribution < 1.29 is 4.79 Å². The van der Waals surface area contributed by atoms with Crippen molar-refractivity contribution in [2.24, 2.45) is 17.8 Å². The number of carbonyl (C=O) groups excluding carboxylic acids is 1. The Kier molecular flexibility index (Phi) is 3.22. The van der Waals surface area contributed by atoms with E-state index in [2.05, 4.69) is 15.5 Å². The van der Waals surface area contributed by atoms with Crippen molar-refractivity contribution >= 4 is 22.4 Å². The third-order valence-electron chi connectivity index (χ3n) is 4.75. The quantitative estimate of drug-likeness (QED) is 0.942. The second-order valence-electron chi connectivity index (χ2n) is 6.05. The molecule has 0 saturated heterocycles. The van der Waals surface area contributed by atoms with Crippen molar-refractivity contribution in [3.8, 4) is 10.6 Å². The number of anilines is 1. The molecule has 1 aromatic heterocycles. The summed E-state index contributed by atoms with van der Waals surface area (Å²) >= 11 is 1.44. The molecule has 2 aromatic rings. The number of nitrogens with one attached hydrogen (secondary N) is 1. The molecule has 3 unspecified atom stereocenters. The molecule has 2 bridgehead atoms. The average molecular weight is 299 g/mol. The van der Waals surface area contributed by atoms with E-state index in [9.17, 15) is 4.79 Å². The average Bonchev–Trinajstić information content (AvgIpc) is 3.24. The first-order chi connectivity index (χ1) is 10.3. The number of carbonyl (C=O) groups is 1. The Morgan fingerprint density at radius 1 is 1.14 bits per heavy atom. The SMILES string of the molecule is O=C(Nc1nnc(-c2ccccc2)s1)C1CC2CCC1C2. The van der Waals surface area contributed by atoms with Crippen LogP contribution in [-0.2, 0) is 4.79 Å². The van der Waals surface area contributed by atoms with Gasteiger partial charge in [0.1, 0.15) is 5.01 Å². The number of hydrogen-bond acceptors (Lipinski definition) is 4. The van der Waals surface area contributed by atoms with Crippen LogP contribution >= 0.6 is 11.3 Å². The maximum atomic E-state index is 12.4. The highest BCUT2D eigenvalue weighted by molar-refractivity contribution is 7.18. The Labute approximate surface area is 127 Å². The minimum atomic E-state index is 0.137. The van der Waals surface area contributed by atoms with Gasteiger partial charge in [-0.3, -0.25) is 4.79 Å². The van der Waals surface area contributed by atoms with E-state index in [1.807, 2.05) is 30.3 Å². The fourth-order valence-corrected chi connectivity index (χ4v) is 4.49. The van der Waals surface area contributed by atoms with Crippen molar-refractivity contribution in [2.75, 3.05) is 5.32 Å². The van der Waals surface area contributed by atoms with Crippen molar-refractivity contribution in [2.45, 2.75) is 25.7 Å². The van der Waals surface area contributed by atoms with Gasteiger partial charge in [-0.15, -0.1) is 10.2 Å². The van der Waals surface area contributed by atoms with Crippen molar-refractivity contribution in [3.63, 3.8) is 0 Å². The molecule has 0 aliphatic heterocycles. The van der Waals surface area contributed by atoms with E-state index in [0.29, 0.717) is 11.0 Å². The van der Waals surface area contributed by atoms with Gasteiger partial charge in [-0.05, 0) is 31.1 Å². The van der Waals surface area contributed by atoms with E-state index >= 15 is 0 Å². The molecule has 5 heteroatoms. The normalized spacial score (nSPS) is 27.0. The van der Waals surface area contributed by atoms with Crippen LogP contribution < -0.4 is 5.32 Å². The lowest BCUT2D eigenvalue weighted by Gasteiger charge is -2.19. The van der Waals surface area contributed by atoms with Crippen LogP contribution in [0, 0.1) is 17.8 Å². The Balaban J connectivity index is 1.46.